The zero-order valence-corrected chi connectivity index (χ0v) is 27.4. The van der Waals surface area contributed by atoms with Crippen LogP contribution in [0.25, 0.3) is 56.8 Å². The van der Waals surface area contributed by atoms with E-state index in [-0.39, 0.29) is 12.0 Å². The molecule has 0 spiro atoms. The van der Waals surface area contributed by atoms with Gasteiger partial charge >= 0.3 is 0 Å². The van der Waals surface area contributed by atoms with Crippen LogP contribution in [0.5, 0.6) is 0 Å². The monoisotopic (exact) mass is 643 g/mol. The predicted molar refractivity (Wildman–Crippen MR) is 204 cm³/mol. The molecule has 7 aromatic rings. The third-order valence-electron chi connectivity index (χ3n) is 10.2. The largest absolute Gasteiger partial charge is 0.333 e. The molecule has 0 fully saturated rings. The van der Waals surface area contributed by atoms with Crippen LogP contribution in [0.1, 0.15) is 29.2 Å². The lowest BCUT2D eigenvalue weighted by atomic mass is 9.91. The highest BCUT2D eigenvalue weighted by atomic mass is 15.2. The van der Waals surface area contributed by atoms with Gasteiger partial charge in [-0.15, -0.1) is 0 Å². The first kappa shape index (κ1) is 28.7. The Morgan fingerprint density at radius 1 is 0.580 bits per heavy atom. The average Bonchev–Trinajstić information content (AvgIpc) is 3.71. The lowest BCUT2D eigenvalue weighted by molar-refractivity contribution is 0.744. The Kier molecular flexibility index (Phi) is 6.69. The van der Waals surface area contributed by atoms with Crippen molar-refractivity contribution in [2.45, 2.75) is 24.8 Å². The summed E-state index contributed by atoms with van der Waals surface area (Å²) >= 11 is 0. The predicted octanol–water partition coefficient (Wildman–Crippen LogP) is 10.5. The minimum Gasteiger partial charge on any atom is -0.333 e. The van der Waals surface area contributed by atoms with E-state index in [0.717, 1.165) is 40.9 Å². The van der Waals surface area contributed by atoms with E-state index < -0.39 is 0 Å². The Balaban J connectivity index is 1.25. The van der Waals surface area contributed by atoms with Crippen molar-refractivity contribution in [2.24, 2.45) is 0 Å². The molecule has 0 saturated carbocycles. The summed E-state index contributed by atoms with van der Waals surface area (Å²) in [5, 5.41) is 1.31. The molecular formula is C45H33N5. The number of anilines is 2. The second-order valence-corrected chi connectivity index (χ2v) is 13.1. The molecule has 1 aliphatic heterocycles. The molecule has 2 unspecified atom stereocenters. The van der Waals surface area contributed by atoms with Gasteiger partial charge in [-0.25, -0.2) is 15.0 Å². The van der Waals surface area contributed by atoms with Gasteiger partial charge in [0.05, 0.1) is 11.6 Å². The highest BCUT2D eigenvalue weighted by Crippen LogP contribution is 2.49. The summed E-state index contributed by atoms with van der Waals surface area (Å²) in [6.45, 7) is 0. The van der Waals surface area contributed by atoms with Gasteiger partial charge in [0.1, 0.15) is 0 Å². The Labute approximate surface area is 291 Å². The van der Waals surface area contributed by atoms with Gasteiger partial charge < -0.3 is 9.47 Å². The third-order valence-corrected chi connectivity index (χ3v) is 10.2. The van der Waals surface area contributed by atoms with Crippen LogP contribution in [0.2, 0.25) is 0 Å². The number of rotatable bonds is 5. The first-order valence-corrected chi connectivity index (χ1v) is 17.3. The van der Waals surface area contributed by atoms with Crippen LogP contribution in [0.15, 0.2) is 158 Å². The van der Waals surface area contributed by atoms with Gasteiger partial charge in [-0.3, -0.25) is 0 Å². The SMILES string of the molecule is C1=CC2c3ccccc3N(c3cc(-c4nc(-c5ccccc5)nc(-c5ccccc5)n4)cc(-n4c5c(c6ccccc64)CCC=C5)c3)C2C=C1. The van der Waals surface area contributed by atoms with Gasteiger partial charge in [0, 0.05) is 50.8 Å². The van der Waals surface area contributed by atoms with E-state index in [0.29, 0.717) is 17.5 Å². The molecule has 0 amide bonds. The van der Waals surface area contributed by atoms with E-state index in [9.17, 15) is 0 Å². The number of benzene rings is 5. The molecule has 0 N–H and O–H groups in total. The molecular weight excluding hydrogens is 611 g/mol. The normalized spacial score (nSPS) is 17.2. The van der Waals surface area contributed by atoms with E-state index >= 15 is 0 Å². The lowest BCUT2D eigenvalue weighted by Crippen LogP contribution is -2.28. The average molecular weight is 644 g/mol. The summed E-state index contributed by atoms with van der Waals surface area (Å²) in [7, 11) is 0. The molecule has 50 heavy (non-hydrogen) atoms. The van der Waals surface area contributed by atoms with Crippen LogP contribution in [0.4, 0.5) is 11.4 Å². The number of fused-ring (bicyclic) bond motifs is 6. The summed E-state index contributed by atoms with van der Waals surface area (Å²) in [5.41, 5.74) is 11.5. The standard InChI is InChI=1S/C45H33N5/c1-3-15-30(16-4-1)43-46-44(31-17-5-2-6-18-31)48-45(47-43)32-27-33(49-39-23-11-7-19-35(39)36-20-8-12-24-40(36)49)29-34(28-32)50-41-25-13-9-21-37(41)38-22-10-14-26-42(38)50/h1-9,11-21,23-29,35,39H,10,22H2. The highest BCUT2D eigenvalue weighted by Gasteiger charge is 2.37. The fraction of sp³-hybridized carbons (Fsp3) is 0.0889. The molecule has 0 saturated heterocycles. The van der Waals surface area contributed by atoms with Gasteiger partial charge in [-0.05, 0) is 60.4 Å². The molecule has 3 heterocycles. The molecule has 3 aliphatic rings. The van der Waals surface area contributed by atoms with Crippen molar-refractivity contribution in [3.63, 3.8) is 0 Å². The first-order chi connectivity index (χ1) is 24.8. The van der Waals surface area contributed by atoms with E-state index in [1.54, 1.807) is 0 Å². The number of nitrogens with zero attached hydrogens (tertiary/aromatic N) is 5. The molecule has 2 aliphatic carbocycles. The molecule has 2 atom stereocenters. The second kappa shape index (κ2) is 11.7. The van der Waals surface area contributed by atoms with Gasteiger partial charge in [-0.2, -0.15) is 0 Å². The van der Waals surface area contributed by atoms with Gasteiger partial charge in [0.15, 0.2) is 17.5 Å². The maximum atomic E-state index is 5.18. The summed E-state index contributed by atoms with van der Waals surface area (Å²) in [6, 6.07) is 45.0. The fourth-order valence-electron chi connectivity index (χ4n) is 7.99. The maximum Gasteiger partial charge on any atom is 0.164 e. The number of hydrogen-bond acceptors (Lipinski definition) is 4. The lowest BCUT2D eigenvalue weighted by Gasteiger charge is -2.29. The van der Waals surface area contributed by atoms with Crippen LogP contribution in [-0.2, 0) is 6.42 Å². The zero-order chi connectivity index (χ0) is 33.0. The fourth-order valence-corrected chi connectivity index (χ4v) is 7.99. The number of allylic oxidation sites excluding steroid dienone is 3. The minimum atomic E-state index is 0.161. The first-order valence-electron chi connectivity index (χ1n) is 17.3. The van der Waals surface area contributed by atoms with Crippen molar-refractivity contribution < 1.29 is 0 Å². The molecule has 5 aromatic carbocycles. The summed E-state index contributed by atoms with van der Waals surface area (Å²) in [5.74, 6) is 2.22. The van der Waals surface area contributed by atoms with Crippen LogP contribution in [0.3, 0.4) is 0 Å². The summed E-state index contributed by atoms with van der Waals surface area (Å²) in [4.78, 5) is 17.8. The van der Waals surface area contributed by atoms with Crippen LogP contribution < -0.4 is 4.90 Å². The second-order valence-electron chi connectivity index (χ2n) is 13.1. The summed E-state index contributed by atoms with van der Waals surface area (Å²) < 4.78 is 2.43. The van der Waals surface area contributed by atoms with Crippen molar-refractivity contribution in [2.75, 3.05) is 4.90 Å². The molecule has 2 aromatic heterocycles. The van der Waals surface area contributed by atoms with E-state index in [2.05, 4.69) is 137 Å². The van der Waals surface area contributed by atoms with Crippen LogP contribution in [-0.4, -0.2) is 25.6 Å². The molecule has 238 valence electrons. The van der Waals surface area contributed by atoms with Crippen molar-refractivity contribution >= 4 is 28.4 Å². The van der Waals surface area contributed by atoms with Gasteiger partial charge in [-0.1, -0.05) is 127 Å². The van der Waals surface area contributed by atoms with E-state index in [1.165, 1.54) is 33.4 Å². The maximum absolute atomic E-state index is 5.18. The van der Waals surface area contributed by atoms with Gasteiger partial charge in [0.2, 0.25) is 0 Å². The van der Waals surface area contributed by atoms with Crippen molar-refractivity contribution in [3.8, 4) is 39.9 Å². The Morgan fingerprint density at radius 2 is 1.22 bits per heavy atom. The van der Waals surface area contributed by atoms with Crippen molar-refractivity contribution in [3.05, 3.63) is 175 Å². The third kappa shape index (κ3) is 4.66. The topological polar surface area (TPSA) is 46.8 Å². The molecule has 5 heteroatoms. The Bertz CT molecular complexity index is 2450. The highest BCUT2D eigenvalue weighted by molar-refractivity contribution is 5.91. The molecule has 5 nitrogen and oxygen atoms in total. The number of para-hydroxylation sites is 2. The van der Waals surface area contributed by atoms with Crippen LogP contribution >= 0.6 is 0 Å². The van der Waals surface area contributed by atoms with E-state index in [4.69, 9.17) is 15.0 Å². The van der Waals surface area contributed by atoms with Gasteiger partial charge in [0.25, 0.3) is 0 Å². The van der Waals surface area contributed by atoms with Crippen molar-refractivity contribution in [1.82, 2.24) is 19.5 Å². The van der Waals surface area contributed by atoms with Crippen molar-refractivity contribution in [1.29, 1.82) is 0 Å². The number of aromatic nitrogens is 4. The zero-order valence-electron chi connectivity index (χ0n) is 27.4. The number of aryl methyl sites for hydroxylation is 1. The molecule has 0 bridgehead atoms. The molecule has 10 rings (SSSR count). The number of hydrogen-bond donors (Lipinski definition) is 0. The van der Waals surface area contributed by atoms with E-state index in [1.807, 2.05) is 36.4 Å². The smallest absolute Gasteiger partial charge is 0.164 e. The quantitative estimate of drug-likeness (QED) is 0.187. The summed E-state index contributed by atoms with van der Waals surface area (Å²) in [6.07, 6.45) is 15.7. The minimum absolute atomic E-state index is 0.161. The Morgan fingerprint density at radius 3 is 2.00 bits per heavy atom. The molecule has 0 radical (unpaired) electrons. The Hall–Kier alpha value is -6.33. The van der Waals surface area contributed by atoms with Crippen LogP contribution in [0, 0.1) is 0 Å².